The molecule has 8 nitrogen and oxygen atoms in total. The van der Waals surface area contributed by atoms with Gasteiger partial charge in [-0.3, -0.25) is 19.1 Å². The minimum absolute atomic E-state index is 0.164. The highest BCUT2D eigenvalue weighted by atomic mass is 35.5. The molecule has 0 saturated carbocycles. The Labute approximate surface area is 178 Å². The number of hydrogen-bond donors (Lipinski definition) is 2. The number of benzene rings is 1. The van der Waals surface area contributed by atoms with E-state index in [1.807, 2.05) is 44.1 Å². The van der Waals surface area contributed by atoms with Crippen LogP contribution in [0.5, 0.6) is 5.75 Å². The number of halogens is 1. The summed E-state index contributed by atoms with van der Waals surface area (Å²) in [4.78, 5) is 35.7. The van der Waals surface area contributed by atoms with E-state index in [1.165, 1.54) is 11.6 Å². The number of pyridine rings is 1. The Morgan fingerprint density at radius 1 is 1.30 bits per heavy atom. The summed E-state index contributed by atoms with van der Waals surface area (Å²) in [6.45, 7) is 2.05. The van der Waals surface area contributed by atoms with E-state index in [2.05, 4.69) is 15.3 Å². The number of rotatable bonds is 5. The van der Waals surface area contributed by atoms with E-state index in [9.17, 15) is 14.7 Å². The standard InChI is InChI=1S/C21H22ClN5O3/c1-12-7-8-13(10-14(12)22)11-24-20(29)17-18(28)21(30)27(4)19(25-17)16-15(26(2)3)6-5-9-23-16/h5-10,28H,11H2,1-4H3,(H,24,29). The summed E-state index contributed by atoms with van der Waals surface area (Å²) in [5, 5.41) is 13.5. The van der Waals surface area contributed by atoms with E-state index in [1.54, 1.807) is 18.3 Å². The molecule has 3 rings (SSSR count). The Balaban J connectivity index is 1.98. The molecule has 0 atom stereocenters. The Kier molecular flexibility index (Phi) is 6.07. The van der Waals surface area contributed by atoms with Crippen molar-refractivity contribution in [3.05, 3.63) is 68.7 Å². The van der Waals surface area contributed by atoms with Crippen LogP contribution in [-0.4, -0.2) is 39.6 Å². The van der Waals surface area contributed by atoms with Crippen LogP contribution in [0.25, 0.3) is 11.5 Å². The third-order valence-electron chi connectivity index (χ3n) is 4.65. The average molecular weight is 428 g/mol. The van der Waals surface area contributed by atoms with Crippen LogP contribution in [0.3, 0.4) is 0 Å². The second-order valence-electron chi connectivity index (χ2n) is 7.03. The number of nitrogens with zero attached hydrogens (tertiary/aromatic N) is 4. The molecular formula is C21H22ClN5O3. The highest BCUT2D eigenvalue weighted by Crippen LogP contribution is 2.26. The zero-order valence-corrected chi connectivity index (χ0v) is 17.9. The zero-order chi connectivity index (χ0) is 22.0. The maximum atomic E-state index is 12.7. The summed E-state index contributed by atoms with van der Waals surface area (Å²) in [7, 11) is 5.13. The van der Waals surface area contributed by atoms with Crippen LogP contribution in [0.2, 0.25) is 5.02 Å². The van der Waals surface area contributed by atoms with Gasteiger partial charge in [0.1, 0.15) is 5.69 Å². The maximum Gasteiger partial charge on any atom is 0.296 e. The SMILES string of the molecule is Cc1ccc(CNC(=O)c2nc(-c3ncccc3N(C)C)n(C)c(=O)c2O)cc1Cl. The van der Waals surface area contributed by atoms with Gasteiger partial charge in [-0.05, 0) is 36.2 Å². The summed E-state index contributed by atoms with van der Waals surface area (Å²) in [5.74, 6) is -1.22. The number of amides is 1. The molecule has 2 N–H and O–H groups in total. The van der Waals surface area contributed by atoms with E-state index in [-0.39, 0.29) is 18.1 Å². The van der Waals surface area contributed by atoms with E-state index in [0.29, 0.717) is 16.4 Å². The largest absolute Gasteiger partial charge is 0.501 e. The topological polar surface area (TPSA) is 100 Å². The summed E-state index contributed by atoms with van der Waals surface area (Å²) >= 11 is 6.12. The first kappa shape index (κ1) is 21.3. The predicted molar refractivity (Wildman–Crippen MR) is 116 cm³/mol. The lowest BCUT2D eigenvalue weighted by Crippen LogP contribution is -2.29. The van der Waals surface area contributed by atoms with Gasteiger partial charge in [-0.2, -0.15) is 0 Å². The second-order valence-corrected chi connectivity index (χ2v) is 7.44. The Morgan fingerprint density at radius 3 is 2.70 bits per heavy atom. The van der Waals surface area contributed by atoms with E-state index < -0.39 is 17.2 Å². The smallest absolute Gasteiger partial charge is 0.296 e. The van der Waals surface area contributed by atoms with E-state index >= 15 is 0 Å². The molecule has 2 aromatic heterocycles. The van der Waals surface area contributed by atoms with Crippen molar-refractivity contribution in [2.75, 3.05) is 19.0 Å². The van der Waals surface area contributed by atoms with Gasteiger partial charge in [-0.15, -0.1) is 0 Å². The quantitative estimate of drug-likeness (QED) is 0.649. The molecule has 0 saturated heterocycles. The molecule has 30 heavy (non-hydrogen) atoms. The minimum atomic E-state index is -0.737. The van der Waals surface area contributed by atoms with Gasteiger partial charge in [0.2, 0.25) is 5.75 Å². The molecule has 0 unspecified atom stereocenters. The molecule has 0 fully saturated rings. The van der Waals surface area contributed by atoms with Crippen LogP contribution < -0.4 is 15.8 Å². The molecule has 0 bridgehead atoms. The van der Waals surface area contributed by atoms with Gasteiger partial charge >= 0.3 is 0 Å². The first-order valence-corrected chi connectivity index (χ1v) is 9.54. The Hall–Kier alpha value is -3.39. The molecular weight excluding hydrogens is 406 g/mol. The number of aryl methyl sites for hydroxylation is 1. The summed E-state index contributed by atoms with van der Waals surface area (Å²) in [6.07, 6.45) is 1.57. The number of anilines is 1. The lowest BCUT2D eigenvalue weighted by molar-refractivity contribution is 0.0942. The van der Waals surface area contributed by atoms with Crippen molar-refractivity contribution in [1.82, 2.24) is 19.9 Å². The fourth-order valence-electron chi connectivity index (χ4n) is 2.90. The molecule has 156 valence electrons. The molecule has 0 aliphatic heterocycles. The number of aromatic hydroxyl groups is 1. The number of nitrogens with one attached hydrogen (secondary N) is 1. The Bertz CT molecular complexity index is 1170. The number of carbonyl (C=O) groups is 1. The fraction of sp³-hybridized carbons (Fsp3) is 0.238. The fourth-order valence-corrected chi connectivity index (χ4v) is 3.11. The third-order valence-corrected chi connectivity index (χ3v) is 5.06. The second kappa shape index (κ2) is 8.54. The van der Waals surface area contributed by atoms with Crippen molar-refractivity contribution in [2.45, 2.75) is 13.5 Å². The molecule has 0 radical (unpaired) electrons. The molecule has 3 aromatic rings. The van der Waals surface area contributed by atoms with Crippen molar-refractivity contribution in [3.8, 4) is 17.3 Å². The zero-order valence-electron chi connectivity index (χ0n) is 17.1. The van der Waals surface area contributed by atoms with Crippen LogP contribution in [0, 0.1) is 6.92 Å². The van der Waals surface area contributed by atoms with Crippen molar-refractivity contribution in [3.63, 3.8) is 0 Å². The lowest BCUT2D eigenvalue weighted by atomic mass is 10.1. The van der Waals surface area contributed by atoms with Gasteiger partial charge in [0.25, 0.3) is 11.5 Å². The van der Waals surface area contributed by atoms with Gasteiger partial charge in [-0.1, -0.05) is 23.7 Å². The van der Waals surface area contributed by atoms with Crippen LogP contribution in [-0.2, 0) is 13.6 Å². The summed E-state index contributed by atoms with van der Waals surface area (Å²) in [6, 6.07) is 9.01. The predicted octanol–water partition coefficient (Wildman–Crippen LogP) is 2.51. The van der Waals surface area contributed by atoms with Gasteiger partial charge in [0.05, 0.1) is 5.69 Å². The van der Waals surface area contributed by atoms with Crippen molar-refractivity contribution in [2.24, 2.45) is 7.05 Å². The molecule has 0 aliphatic rings. The van der Waals surface area contributed by atoms with Gasteiger partial charge in [0.15, 0.2) is 11.5 Å². The lowest BCUT2D eigenvalue weighted by Gasteiger charge is -2.18. The van der Waals surface area contributed by atoms with Crippen LogP contribution >= 0.6 is 11.6 Å². The number of hydrogen-bond acceptors (Lipinski definition) is 6. The van der Waals surface area contributed by atoms with Crippen molar-refractivity contribution < 1.29 is 9.90 Å². The van der Waals surface area contributed by atoms with Gasteiger partial charge in [-0.25, -0.2) is 4.98 Å². The molecule has 9 heteroatoms. The van der Waals surface area contributed by atoms with Gasteiger partial charge < -0.3 is 15.3 Å². The average Bonchev–Trinajstić information content (AvgIpc) is 2.73. The summed E-state index contributed by atoms with van der Waals surface area (Å²) < 4.78 is 1.17. The number of aromatic nitrogens is 3. The van der Waals surface area contributed by atoms with E-state index in [4.69, 9.17) is 11.6 Å². The molecule has 1 aromatic carbocycles. The van der Waals surface area contributed by atoms with Crippen molar-refractivity contribution >= 4 is 23.2 Å². The monoisotopic (exact) mass is 427 g/mol. The normalized spacial score (nSPS) is 10.7. The minimum Gasteiger partial charge on any atom is -0.501 e. The van der Waals surface area contributed by atoms with Crippen LogP contribution in [0.15, 0.2) is 41.3 Å². The van der Waals surface area contributed by atoms with Gasteiger partial charge in [0, 0.05) is 38.9 Å². The highest BCUT2D eigenvalue weighted by Gasteiger charge is 2.23. The van der Waals surface area contributed by atoms with Crippen LogP contribution in [0.1, 0.15) is 21.6 Å². The molecule has 1 amide bonds. The number of carbonyl (C=O) groups excluding carboxylic acids is 1. The van der Waals surface area contributed by atoms with Crippen LogP contribution in [0.4, 0.5) is 5.69 Å². The van der Waals surface area contributed by atoms with E-state index in [0.717, 1.165) is 11.1 Å². The first-order valence-electron chi connectivity index (χ1n) is 9.16. The summed E-state index contributed by atoms with van der Waals surface area (Å²) in [5.41, 5.74) is 1.74. The highest BCUT2D eigenvalue weighted by molar-refractivity contribution is 6.31. The van der Waals surface area contributed by atoms with Crippen molar-refractivity contribution in [1.29, 1.82) is 0 Å². The molecule has 2 heterocycles. The molecule has 0 aliphatic carbocycles. The maximum absolute atomic E-state index is 12.7. The Morgan fingerprint density at radius 2 is 2.03 bits per heavy atom. The third kappa shape index (κ3) is 4.13. The molecule has 0 spiro atoms. The first-order chi connectivity index (χ1) is 14.2.